The van der Waals surface area contributed by atoms with Crippen LogP contribution in [0.25, 0.3) is 0 Å². The van der Waals surface area contributed by atoms with E-state index in [-0.39, 0.29) is 0 Å². The van der Waals surface area contributed by atoms with Crippen molar-refractivity contribution in [2.45, 2.75) is 38.8 Å². The minimum absolute atomic E-state index is 0.381. The topological polar surface area (TPSA) is 26.7 Å². The Morgan fingerprint density at radius 3 is 2.73 bits per heavy atom. The fourth-order valence-corrected chi connectivity index (χ4v) is 2.92. The van der Waals surface area contributed by atoms with Crippen molar-refractivity contribution < 1.29 is 5.11 Å². The van der Waals surface area contributed by atoms with Gasteiger partial charge in [0.15, 0.2) is 0 Å². The highest BCUT2D eigenvalue weighted by Gasteiger charge is 2.33. The second kappa shape index (κ2) is 4.81. The van der Waals surface area contributed by atoms with E-state index in [9.17, 15) is 5.11 Å². The van der Waals surface area contributed by atoms with Crippen molar-refractivity contribution in [3.8, 4) is 0 Å². The van der Waals surface area contributed by atoms with E-state index < -0.39 is 0 Å². The van der Waals surface area contributed by atoms with E-state index in [1.807, 2.05) is 0 Å². The van der Waals surface area contributed by atoms with Gasteiger partial charge in [0.2, 0.25) is 0 Å². The first kappa shape index (κ1) is 11.4. The lowest BCUT2D eigenvalue weighted by Crippen LogP contribution is -2.57. The second-order valence-corrected chi connectivity index (χ2v) is 5.35. The monoisotopic (exact) mass is 212 g/mol. The Kier molecular flexibility index (Phi) is 3.65. The molecule has 2 heterocycles. The van der Waals surface area contributed by atoms with Crippen molar-refractivity contribution in [2.24, 2.45) is 5.92 Å². The van der Waals surface area contributed by atoms with Gasteiger partial charge in [0.25, 0.3) is 0 Å². The lowest BCUT2D eigenvalue weighted by molar-refractivity contribution is 0.00749. The van der Waals surface area contributed by atoms with Crippen LogP contribution in [-0.2, 0) is 0 Å². The van der Waals surface area contributed by atoms with Crippen LogP contribution in [0.5, 0.6) is 0 Å². The standard InChI is InChI=1S/C12H24N2O/c1-10(2)14-6-5-13-4-3-11(9-15)7-12(13)8-14/h10-12,15H,3-9H2,1-2H3/t11-,12+/m0/s1. The third-order valence-electron chi connectivity index (χ3n) is 4.05. The Hall–Kier alpha value is -0.120. The summed E-state index contributed by atoms with van der Waals surface area (Å²) in [6.45, 7) is 9.78. The first-order valence-electron chi connectivity index (χ1n) is 6.29. The fraction of sp³-hybridized carbons (Fsp3) is 1.00. The molecule has 2 fully saturated rings. The molecule has 3 nitrogen and oxygen atoms in total. The first-order valence-corrected chi connectivity index (χ1v) is 6.29. The van der Waals surface area contributed by atoms with Crippen LogP contribution in [0.15, 0.2) is 0 Å². The maximum Gasteiger partial charge on any atom is 0.0460 e. The number of aliphatic hydroxyl groups is 1. The predicted octanol–water partition coefficient (Wildman–Crippen LogP) is 0.783. The highest BCUT2D eigenvalue weighted by molar-refractivity contribution is 4.88. The van der Waals surface area contributed by atoms with Crippen LogP contribution < -0.4 is 0 Å². The molecule has 0 unspecified atom stereocenters. The number of hydrogen-bond donors (Lipinski definition) is 1. The molecule has 0 amide bonds. The number of nitrogens with zero attached hydrogens (tertiary/aromatic N) is 2. The molecule has 0 spiro atoms. The molecule has 15 heavy (non-hydrogen) atoms. The second-order valence-electron chi connectivity index (χ2n) is 5.35. The van der Waals surface area contributed by atoms with Crippen LogP contribution >= 0.6 is 0 Å². The molecule has 2 aliphatic rings. The molecule has 0 radical (unpaired) electrons. The lowest BCUT2D eigenvalue weighted by Gasteiger charge is -2.47. The van der Waals surface area contributed by atoms with E-state index in [4.69, 9.17) is 0 Å². The van der Waals surface area contributed by atoms with Crippen molar-refractivity contribution in [3.63, 3.8) is 0 Å². The van der Waals surface area contributed by atoms with Crippen molar-refractivity contribution in [2.75, 3.05) is 32.8 Å². The van der Waals surface area contributed by atoms with E-state index in [1.54, 1.807) is 0 Å². The minimum Gasteiger partial charge on any atom is -0.396 e. The average Bonchev–Trinajstić information content (AvgIpc) is 2.27. The molecule has 0 aromatic heterocycles. The Morgan fingerprint density at radius 2 is 2.07 bits per heavy atom. The zero-order chi connectivity index (χ0) is 10.8. The molecular formula is C12H24N2O. The average molecular weight is 212 g/mol. The largest absolute Gasteiger partial charge is 0.396 e. The van der Waals surface area contributed by atoms with E-state index in [1.165, 1.54) is 39.0 Å². The predicted molar refractivity (Wildman–Crippen MR) is 61.9 cm³/mol. The van der Waals surface area contributed by atoms with Gasteiger partial charge in [-0.15, -0.1) is 0 Å². The molecule has 2 saturated heterocycles. The summed E-state index contributed by atoms with van der Waals surface area (Å²) in [6.07, 6.45) is 2.38. The lowest BCUT2D eigenvalue weighted by atomic mass is 9.90. The minimum atomic E-state index is 0.381. The van der Waals surface area contributed by atoms with Crippen LogP contribution in [0.3, 0.4) is 0 Å². The maximum atomic E-state index is 9.22. The fourth-order valence-electron chi connectivity index (χ4n) is 2.92. The number of rotatable bonds is 2. The molecule has 0 bridgehead atoms. The third-order valence-corrected chi connectivity index (χ3v) is 4.05. The normalized spacial score (nSPS) is 34.4. The molecular weight excluding hydrogens is 188 g/mol. The van der Waals surface area contributed by atoms with Gasteiger partial charge in [-0.25, -0.2) is 0 Å². The molecule has 0 aromatic carbocycles. The first-order chi connectivity index (χ1) is 7.20. The van der Waals surface area contributed by atoms with Gasteiger partial charge in [-0.05, 0) is 39.2 Å². The molecule has 2 rings (SSSR count). The summed E-state index contributed by atoms with van der Waals surface area (Å²) in [5.41, 5.74) is 0. The van der Waals surface area contributed by atoms with E-state index >= 15 is 0 Å². The van der Waals surface area contributed by atoms with Gasteiger partial charge in [-0.2, -0.15) is 0 Å². The van der Waals surface area contributed by atoms with Crippen molar-refractivity contribution in [1.82, 2.24) is 9.80 Å². The summed E-state index contributed by atoms with van der Waals surface area (Å²) in [4.78, 5) is 5.19. The van der Waals surface area contributed by atoms with Gasteiger partial charge >= 0.3 is 0 Å². The zero-order valence-electron chi connectivity index (χ0n) is 10.0. The van der Waals surface area contributed by atoms with Gasteiger partial charge in [0.1, 0.15) is 0 Å². The summed E-state index contributed by atoms with van der Waals surface area (Å²) in [6, 6.07) is 1.37. The van der Waals surface area contributed by atoms with Crippen molar-refractivity contribution >= 4 is 0 Å². The molecule has 0 aromatic rings. The van der Waals surface area contributed by atoms with Gasteiger partial charge in [-0.1, -0.05) is 0 Å². The third kappa shape index (κ3) is 2.52. The van der Waals surface area contributed by atoms with Crippen molar-refractivity contribution in [3.05, 3.63) is 0 Å². The van der Waals surface area contributed by atoms with E-state index in [0.29, 0.717) is 24.6 Å². The van der Waals surface area contributed by atoms with Gasteiger partial charge in [0.05, 0.1) is 0 Å². The summed E-state index contributed by atoms with van der Waals surface area (Å²) < 4.78 is 0. The summed E-state index contributed by atoms with van der Waals surface area (Å²) >= 11 is 0. The smallest absolute Gasteiger partial charge is 0.0460 e. The number of piperazine rings is 1. The summed E-state index contributed by atoms with van der Waals surface area (Å²) in [7, 11) is 0. The van der Waals surface area contributed by atoms with E-state index in [0.717, 1.165) is 0 Å². The van der Waals surface area contributed by atoms with Crippen LogP contribution in [0.2, 0.25) is 0 Å². The molecule has 2 aliphatic heterocycles. The van der Waals surface area contributed by atoms with Gasteiger partial charge in [-0.3, -0.25) is 9.80 Å². The molecule has 88 valence electrons. The Bertz CT molecular complexity index is 208. The SMILES string of the molecule is CC(C)N1CCN2CC[C@H](CO)C[C@@H]2C1. The Morgan fingerprint density at radius 1 is 1.27 bits per heavy atom. The zero-order valence-corrected chi connectivity index (χ0v) is 10.0. The summed E-state index contributed by atoms with van der Waals surface area (Å²) in [5.74, 6) is 0.554. The number of aliphatic hydroxyl groups excluding tert-OH is 1. The highest BCUT2D eigenvalue weighted by Crippen LogP contribution is 2.26. The molecule has 1 N–H and O–H groups in total. The van der Waals surface area contributed by atoms with Crippen LogP contribution in [0, 0.1) is 5.92 Å². The number of hydrogen-bond acceptors (Lipinski definition) is 3. The van der Waals surface area contributed by atoms with Gasteiger partial charge in [0, 0.05) is 38.3 Å². The quantitative estimate of drug-likeness (QED) is 0.733. The highest BCUT2D eigenvalue weighted by atomic mass is 16.3. The number of piperidine rings is 1. The van der Waals surface area contributed by atoms with Crippen molar-refractivity contribution in [1.29, 1.82) is 0 Å². The van der Waals surface area contributed by atoms with Crippen LogP contribution in [0.1, 0.15) is 26.7 Å². The molecule has 0 saturated carbocycles. The summed E-state index contributed by atoms with van der Waals surface area (Å²) in [5, 5.41) is 9.22. The van der Waals surface area contributed by atoms with E-state index in [2.05, 4.69) is 23.6 Å². The van der Waals surface area contributed by atoms with Gasteiger partial charge < -0.3 is 5.11 Å². The number of fused-ring (bicyclic) bond motifs is 1. The Labute approximate surface area is 93.1 Å². The molecule has 0 aliphatic carbocycles. The molecule has 2 atom stereocenters. The van der Waals surface area contributed by atoms with Crippen LogP contribution in [-0.4, -0.2) is 59.8 Å². The molecule has 3 heteroatoms. The Balaban J connectivity index is 1.91. The van der Waals surface area contributed by atoms with Crippen LogP contribution in [0.4, 0.5) is 0 Å². The maximum absolute atomic E-state index is 9.22.